The Bertz CT molecular complexity index is 81.3. The van der Waals surface area contributed by atoms with Crippen molar-refractivity contribution in [2.45, 2.75) is 12.8 Å². The summed E-state index contributed by atoms with van der Waals surface area (Å²) in [5.41, 5.74) is 10.9. The molecule has 3 heteroatoms. The van der Waals surface area contributed by atoms with Crippen molar-refractivity contribution in [3.05, 3.63) is 0 Å². The topological polar surface area (TPSA) is 52.0 Å². The second kappa shape index (κ2) is 5.52. The predicted molar refractivity (Wildman–Crippen MR) is 49.2 cm³/mol. The summed E-state index contributed by atoms with van der Waals surface area (Å²) in [6.45, 7) is 3.92. The zero-order valence-electron chi connectivity index (χ0n) is 7.84. The van der Waals surface area contributed by atoms with Crippen molar-refractivity contribution in [3.63, 3.8) is 0 Å². The van der Waals surface area contributed by atoms with Gasteiger partial charge in [0.2, 0.25) is 0 Å². The quantitative estimate of drug-likeness (QED) is 0.527. The van der Waals surface area contributed by atoms with E-state index < -0.39 is 0 Å². The van der Waals surface area contributed by atoms with Crippen LogP contribution in [0, 0.1) is 0 Å². The lowest BCUT2D eigenvalue weighted by Crippen LogP contribution is -2.42. The first-order chi connectivity index (χ1) is 5.12. The Kier molecular flexibility index (Phi) is 5.46. The molecule has 0 saturated heterocycles. The Labute approximate surface area is 69.9 Å². The van der Waals surface area contributed by atoms with Crippen molar-refractivity contribution in [3.8, 4) is 0 Å². The van der Waals surface area contributed by atoms with Gasteiger partial charge in [-0.25, -0.2) is 0 Å². The fourth-order valence-electron chi connectivity index (χ4n) is 1.15. The van der Waals surface area contributed by atoms with Crippen molar-refractivity contribution in [1.82, 2.24) is 0 Å². The zero-order valence-corrected chi connectivity index (χ0v) is 7.84. The van der Waals surface area contributed by atoms with Gasteiger partial charge in [0, 0.05) is 12.8 Å². The molecule has 68 valence electrons. The lowest BCUT2D eigenvalue weighted by Gasteiger charge is -2.29. The molecule has 0 unspecified atom stereocenters. The molecule has 4 N–H and O–H groups in total. The fourth-order valence-corrected chi connectivity index (χ4v) is 1.15. The Morgan fingerprint density at radius 3 is 1.55 bits per heavy atom. The Balaban J connectivity index is 3.43. The smallest absolute Gasteiger partial charge is 0.0794 e. The van der Waals surface area contributed by atoms with Crippen LogP contribution in [0.2, 0.25) is 0 Å². The minimum absolute atomic E-state index is 0.796. The first-order valence-electron chi connectivity index (χ1n) is 4.34. The predicted octanol–water partition coefficient (Wildman–Crippen LogP) is -0.240. The van der Waals surface area contributed by atoms with Gasteiger partial charge in [-0.1, -0.05) is 0 Å². The van der Waals surface area contributed by atoms with Crippen LogP contribution in [0.25, 0.3) is 0 Å². The van der Waals surface area contributed by atoms with Gasteiger partial charge in [0.25, 0.3) is 0 Å². The SMILES string of the molecule is C[N+](C)(CCCN)CCCN. The van der Waals surface area contributed by atoms with Gasteiger partial charge in [0.05, 0.1) is 27.2 Å². The maximum absolute atomic E-state index is 5.43. The highest BCUT2D eigenvalue weighted by atomic mass is 15.3. The maximum Gasteiger partial charge on any atom is 0.0794 e. The van der Waals surface area contributed by atoms with E-state index in [-0.39, 0.29) is 0 Å². The molecule has 0 spiro atoms. The number of quaternary nitrogens is 1. The minimum Gasteiger partial charge on any atom is -0.330 e. The lowest BCUT2D eigenvalue weighted by molar-refractivity contribution is -0.890. The van der Waals surface area contributed by atoms with Crippen LogP contribution in [0.4, 0.5) is 0 Å². The third-order valence-corrected chi connectivity index (χ3v) is 1.94. The normalized spacial score (nSPS) is 12.0. The summed E-state index contributed by atoms with van der Waals surface area (Å²) in [5, 5.41) is 0. The van der Waals surface area contributed by atoms with Gasteiger partial charge in [-0.05, 0) is 13.1 Å². The molecule has 0 radical (unpaired) electrons. The molecule has 0 aliphatic rings. The van der Waals surface area contributed by atoms with Gasteiger partial charge in [-0.2, -0.15) is 0 Å². The number of hydrogen-bond donors (Lipinski definition) is 2. The van der Waals surface area contributed by atoms with Crippen LogP contribution in [-0.4, -0.2) is 44.8 Å². The Morgan fingerprint density at radius 1 is 0.909 bits per heavy atom. The monoisotopic (exact) mass is 160 g/mol. The summed E-state index contributed by atoms with van der Waals surface area (Å²) in [7, 11) is 4.46. The molecular weight excluding hydrogens is 138 g/mol. The highest BCUT2D eigenvalue weighted by molar-refractivity contribution is 4.40. The third-order valence-electron chi connectivity index (χ3n) is 1.94. The number of nitrogens with two attached hydrogens (primary N) is 2. The van der Waals surface area contributed by atoms with Crippen LogP contribution in [0.5, 0.6) is 0 Å². The van der Waals surface area contributed by atoms with Gasteiger partial charge in [-0.3, -0.25) is 0 Å². The minimum atomic E-state index is 0.796. The maximum atomic E-state index is 5.43. The van der Waals surface area contributed by atoms with Crippen molar-refractivity contribution in [1.29, 1.82) is 0 Å². The summed E-state index contributed by atoms with van der Waals surface area (Å²) in [5.74, 6) is 0. The second-order valence-corrected chi connectivity index (χ2v) is 3.67. The molecule has 3 nitrogen and oxygen atoms in total. The molecule has 0 bridgehead atoms. The van der Waals surface area contributed by atoms with Crippen LogP contribution in [0.15, 0.2) is 0 Å². The van der Waals surface area contributed by atoms with E-state index in [1.807, 2.05) is 0 Å². The first-order valence-corrected chi connectivity index (χ1v) is 4.34. The van der Waals surface area contributed by atoms with Crippen LogP contribution in [-0.2, 0) is 0 Å². The lowest BCUT2D eigenvalue weighted by atomic mass is 10.3. The van der Waals surface area contributed by atoms with Crippen LogP contribution in [0.1, 0.15) is 12.8 Å². The van der Waals surface area contributed by atoms with Crippen LogP contribution < -0.4 is 11.5 Å². The number of rotatable bonds is 6. The van der Waals surface area contributed by atoms with E-state index in [0.29, 0.717) is 0 Å². The van der Waals surface area contributed by atoms with Crippen molar-refractivity contribution >= 4 is 0 Å². The summed E-state index contributed by atoms with van der Waals surface area (Å²) >= 11 is 0. The standard InChI is InChI=1S/C8H22N3/c1-11(2,7-3-5-9)8-4-6-10/h3-10H2,1-2H3/q+1. The molecule has 0 saturated carbocycles. The van der Waals surface area contributed by atoms with Gasteiger partial charge < -0.3 is 16.0 Å². The van der Waals surface area contributed by atoms with Crippen molar-refractivity contribution in [2.24, 2.45) is 11.5 Å². The van der Waals surface area contributed by atoms with Crippen molar-refractivity contribution < 1.29 is 4.48 Å². The number of hydrogen-bond acceptors (Lipinski definition) is 2. The summed E-state index contributed by atoms with van der Waals surface area (Å²) in [6.07, 6.45) is 2.22. The summed E-state index contributed by atoms with van der Waals surface area (Å²) < 4.78 is 1.05. The average Bonchev–Trinajstić information content (AvgIpc) is 1.97. The molecule has 0 aliphatic heterocycles. The summed E-state index contributed by atoms with van der Waals surface area (Å²) in [4.78, 5) is 0. The van der Waals surface area contributed by atoms with E-state index in [1.54, 1.807) is 0 Å². The van der Waals surface area contributed by atoms with E-state index in [4.69, 9.17) is 11.5 Å². The van der Waals surface area contributed by atoms with Gasteiger partial charge in [0.1, 0.15) is 0 Å². The molecule has 11 heavy (non-hydrogen) atoms. The highest BCUT2D eigenvalue weighted by Crippen LogP contribution is 1.99. The highest BCUT2D eigenvalue weighted by Gasteiger charge is 2.12. The van der Waals surface area contributed by atoms with Gasteiger partial charge in [0.15, 0.2) is 0 Å². The molecule has 0 heterocycles. The van der Waals surface area contributed by atoms with Crippen LogP contribution in [0.3, 0.4) is 0 Å². The fraction of sp³-hybridized carbons (Fsp3) is 1.00. The van der Waals surface area contributed by atoms with E-state index in [2.05, 4.69) is 14.1 Å². The summed E-state index contributed by atoms with van der Waals surface area (Å²) in [6, 6.07) is 0. The van der Waals surface area contributed by atoms with Crippen molar-refractivity contribution in [2.75, 3.05) is 40.3 Å². The molecule has 0 rings (SSSR count). The Hall–Kier alpha value is -0.120. The molecule has 0 aliphatic carbocycles. The van der Waals surface area contributed by atoms with E-state index in [0.717, 1.165) is 43.5 Å². The van der Waals surface area contributed by atoms with E-state index in [1.165, 1.54) is 0 Å². The molecule has 0 amide bonds. The van der Waals surface area contributed by atoms with Gasteiger partial charge in [-0.15, -0.1) is 0 Å². The van der Waals surface area contributed by atoms with E-state index in [9.17, 15) is 0 Å². The molecule has 0 fully saturated rings. The largest absolute Gasteiger partial charge is 0.330 e. The van der Waals surface area contributed by atoms with E-state index >= 15 is 0 Å². The number of nitrogens with zero attached hydrogens (tertiary/aromatic N) is 1. The molecular formula is C8H22N3+. The second-order valence-electron chi connectivity index (χ2n) is 3.67. The first kappa shape index (κ1) is 10.9. The third kappa shape index (κ3) is 6.28. The molecule has 0 atom stereocenters. The molecule has 0 aromatic heterocycles. The van der Waals surface area contributed by atoms with Crippen LogP contribution >= 0.6 is 0 Å². The molecule has 0 aromatic rings. The van der Waals surface area contributed by atoms with Gasteiger partial charge >= 0.3 is 0 Å². The molecule has 0 aromatic carbocycles. The Morgan fingerprint density at radius 2 is 1.27 bits per heavy atom. The zero-order chi connectivity index (χ0) is 8.74. The average molecular weight is 160 g/mol.